The predicted molar refractivity (Wildman–Crippen MR) is 70.2 cm³/mol. The zero-order chi connectivity index (χ0) is 11.1. The van der Waals surface area contributed by atoms with Gasteiger partial charge in [-0.2, -0.15) is 11.8 Å². The van der Waals surface area contributed by atoms with E-state index in [4.69, 9.17) is 0 Å². The Labute approximate surface area is 103 Å². The van der Waals surface area contributed by atoms with E-state index < -0.39 is 0 Å². The van der Waals surface area contributed by atoms with Gasteiger partial charge in [-0.25, -0.2) is 4.39 Å². The molecule has 1 aromatic carbocycles. The van der Waals surface area contributed by atoms with Crippen LogP contribution in [0, 0.1) is 5.82 Å². The van der Waals surface area contributed by atoms with Crippen LogP contribution in [0.3, 0.4) is 0 Å². The van der Waals surface area contributed by atoms with E-state index in [-0.39, 0.29) is 5.82 Å². The first kappa shape index (κ1) is 12.8. The maximum absolute atomic E-state index is 13.3. The lowest BCUT2D eigenvalue weighted by Crippen LogP contribution is -2.03. The number of benzene rings is 1. The number of hydrogen-bond acceptors (Lipinski definition) is 2. The summed E-state index contributed by atoms with van der Waals surface area (Å²) in [5.74, 6) is 0.978. The van der Waals surface area contributed by atoms with Gasteiger partial charge in [-0.15, -0.1) is 0 Å². The van der Waals surface area contributed by atoms with Crippen LogP contribution in [0.25, 0.3) is 0 Å². The molecular weight excluding hydrogens is 277 g/mol. The van der Waals surface area contributed by atoms with Crippen molar-refractivity contribution in [3.05, 3.63) is 28.5 Å². The minimum absolute atomic E-state index is 0.192. The molecule has 0 heterocycles. The first-order valence-electron chi connectivity index (χ1n) is 4.92. The molecule has 0 aliphatic rings. The molecule has 4 heteroatoms. The SMILES string of the molecule is CSCCCCNc1cc(Br)ccc1F. The van der Waals surface area contributed by atoms with Crippen LogP contribution in [0.4, 0.5) is 10.1 Å². The summed E-state index contributed by atoms with van der Waals surface area (Å²) < 4.78 is 14.2. The highest BCUT2D eigenvalue weighted by Crippen LogP contribution is 2.19. The Hall–Kier alpha value is -0.220. The third kappa shape index (κ3) is 4.89. The lowest BCUT2D eigenvalue weighted by Gasteiger charge is -2.07. The normalized spacial score (nSPS) is 10.3. The number of anilines is 1. The molecule has 0 fully saturated rings. The van der Waals surface area contributed by atoms with E-state index in [1.807, 2.05) is 11.8 Å². The Balaban J connectivity index is 2.33. The van der Waals surface area contributed by atoms with E-state index in [0.717, 1.165) is 17.4 Å². The van der Waals surface area contributed by atoms with Crippen molar-refractivity contribution in [1.29, 1.82) is 0 Å². The van der Waals surface area contributed by atoms with E-state index in [1.54, 1.807) is 12.1 Å². The molecule has 0 spiro atoms. The van der Waals surface area contributed by atoms with E-state index in [2.05, 4.69) is 27.5 Å². The third-order valence-electron chi connectivity index (χ3n) is 2.02. The van der Waals surface area contributed by atoms with Crippen molar-refractivity contribution in [2.75, 3.05) is 23.9 Å². The van der Waals surface area contributed by atoms with Gasteiger partial charge in [-0.3, -0.25) is 0 Å². The van der Waals surface area contributed by atoms with E-state index >= 15 is 0 Å². The molecule has 84 valence electrons. The molecule has 0 aliphatic carbocycles. The summed E-state index contributed by atoms with van der Waals surface area (Å²) in [7, 11) is 0. The zero-order valence-corrected chi connectivity index (χ0v) is 11.1. The van der Waals surface area contributed by atoms with Crippen molar-refractivity contribution in [2.24, 2.45) is 0 Å². The van der Waals surface area contributed by atoms with Crippen molar-refractivity contribution in [1.82, 2.24) is 0 Å². The first-order chi connectivity index (χ1) is 7.24. The van der Waals surface area contributed by atoms with E-state index in [0.29, 0.717) is 5.69 Å². The summed E-state index contributed by atoms with van der Waals surface area (Å²) in [6, 6.07) is 4.94. The monoisotopic (exact) mass is 291 g/mol. The summed E-state index contributed by atoms with van der Waals surface area (Å²) in [4.78, 5) is 0. The number of hydrogen-bond donors (Lipinski definition) is 1. The van der Waals surface area contributed by atoms with Crippen molar-refractivity contribution in [3.8, 4) is 0 Å². The summed E-state index contributed by atoms with van der Waals surface area (Å²) in [5.41, 5.74) is 0.577. The average molecular weight is 292 g/mol. The highest BCUT2D eigenvalue weighted by atomic mass is 79.9. The van der Waals surface area contributed by atoms with Gasteiger partial charge in [0.15, 0.2) is 0 Å². The van der Waals surface area contributed by atoms with Gasteiger partial charge in [0.25, 0.3) is 0 Å². The molecular formula is C11H15BrFNS. The van der Waals surface area contributed by atoms with Gasteiger partial charge in [-0.05, 0) is 43.0 Å². The third-order valence-corrected chi connectivity index (χ3v) is 3.21. The Bertz CT molecular complexity index is 307. The molecule has 0 radical (unpaired) electrons. The second kappa shape index (κ2) is 7.12. The standard InChI is InChI=1S/C11H15BrFNS/c1-15-7-3-2-6-14-11-8-9(12)4-5-10(11)13/h4-5,8,14H,2-3,6-7H2,1H3. The van der Waals surface area contributed by atoms with Crippen molar-refractivity contribution >= 4 is 33.4 Å². The minimum Gasteiger partial charge on any atom is -0.383 e. The Morgan fingerprint density at radius 2 is 2.20 bits per heavy atom. The highest BCUT2D eigenvalue weighted by Gasteiger charge is 2.01. The van der Waals surface area contributed by atoms with Gasteiger partial charge in [0.05, 0.1) is 5.69 Å². The van der Waals surface area contributed by atoms with Crippen LogP contribution in [0.15, 0.2) is 22.7 Å². The molecule has 15 heavy (non-hydrogen) atoms. The largest absolute Gasteiger partial charge is 0.383 e. The van der Waals surface area contributed by atoms with Crippen molar-refractivity contribution in [2.45, 2.75) is 12.8 Å². The molecule has 0 atom stereocenters. The van der Waals surface area contributed by atoms with E-state index in [1.165, 1.54) is 18.2 Å². The Morgan fingerprint density at radius 1 is 1.40 bits per heavy atom. The molecule has 0 amide bonds. The smallest absolute Gasteiger partial charge is 0.146 e. The number of nitrogens with one attached hydrogen (secondary N) is 1. The van der Waals surface area contributed by atoms with Gasteiger partial charge < -0.3 is 5.32 Å². The van der Waals surface area contributed by atoms with Crippen LogP contribution in [0.5, 0.6) is 0 Å². The molecule has 0 aromatic heterocycles. The molecule has 0 saturated carbocycles. The fourth-order valence-corrected chi connectivity index (χ4v) is 2.08. The quantitative estimate of drug-likeness (QED) is 0.791. The fraction of sp³-hybridized carbons (Fsp3) is 0.455. The van der Waals surface area contributed by atoms with Crippen LogP contribution in [0.1, 0.15) is 12.8 Å². The topological polar surface area (TPSA) is 12.0 Å². The highest BCUT2D eigenvalue weighted by molar-refractivity contribution is 9.10. The molecule has 0 bridgehead atoms. The van der Waals surface area contributed by atoms with Crippen LogP contribution in [-0.2, 0) is 0 Å². The van der Waals surface area contributed by atoms with Crippen LogP contribution in [-0.4, -0.2) is 18.6 Å². The molecule has 1 nitrogen and oxygen atoms in total. The molecule has 1 rings (SSSR count). The summed E-state index contributed by atoms with van der Waals surface area (Å²) in [6.45, 7) is 0.827. The molecule has 1 aromatic rings. The fourth-order valence-electron chi connectivity index (χ4n) is 1.23. The van der Waals surface area contributed by atoms with Gasteiger partial charge >= 0.3 is 0 Å². The molecule has 1 N–H and O–H groups in total. The summed E-state index contributed by atoms with van der Waals surface area (Å²) in [6.07, 6.45) is 4.35. The predicted octanol–water partition coefficient (Wildman–Crippen LogP) is 4.14. The first-order valence-corrected chi connectivity index (χ1v) is 7.10. The lowest BCUT2D eigenvalue weighted by molar-refractivity contribution is 0.629. The van der Waals surface area contributed by atoms with Crippen molar-refractivity contribution in [3.63, 3.8) is 0 Å². The maximum atomic E-state index is 13.3. The van der Waals surface area contributed by atoms with Crippen LogP contribution < -0.4 is 5.32 Å². The average Bonchev–Trinajstić information content (AvgIpc) is 2.23. The van der Waals surface area contributed by atoms with Crippen LogP contribution in [0.2, 0.25) is 0 Å². The van der Waals surface area contributed by atoms with Gasteiger partial charge in [-0.1, -0.05) is 15.9 Å². The number of halogens is 2. The minimum atomic E-state index is -0.192. The molecule has 0 aliphatic heterocycles. The summed E-state index contributed by atoms with van der Waals surface area (Å²) in [5, 5.41) is 3.10. The van der Waals surface area contributed by atoms with Crippen LogP contribution >= 0.6 is 27.7 Å². The second-order valence-corrected chi connectivity index (χ2v) is 5.15. The Morgan fingerprint density at radius 3 is 2.93 bits per heavy atom. The van der Waals surface area contributed by atoms with Gasteiger partial charge in [0, 0.05) is 11.0 Å². The number of thioether (sulfide) groups is 1. The lowest BCUT2D eigenvalue weighted by atomic mass is 10.3. The molecule has 0 saturated heterocycles. The maximum Gasteiger partial charge on any atom is 0.146 e. The second-order valence-electron chi connectivity index (χ2n) is 3.25. The van der Waals surface area contributed by atoms with Gasteiger partial charge in [0.2, 0.25) is 0 Å². The number of rotatable bonds is 6. The van der Waals surface area contributed by atoms with E-state index in [9.17, 15) is 4.39 Å². The number of unbranched alkanes of at least 4 members (excludes halogenated alkanes) is 1. The Kier molecular flexibility index (Phi) is 6.10. The molecule has 0 unspecified atom stereocenters. The van der Waals surface area contributed by atoms with Crippen molar-refractivity contribution < 1.29 is 4.39 Å². The summed E-state index contributed by atoms with van der Waals surface area (Å²) >= 11 is 5.16. The van der Waals surface area contributed by atoms with Gasteiger partial charge in [0.1, 0.15) is 5.82 Å². The zero-order valence-electron chi connectivity index (χ0n) is 8.72.